The van der Waals surface area contributed by atoms with E-state index in [0.717, 1.165) is 16.5 Å². The fourth-order valence-electron chi connectivity index (χ4n) is 4.15. The third kappa shape index (κ3) is 6.09. The SMILES string of the molecule is CC(CN(Cc1ccc(F)cc1)C(=O)c1cc2ccccc2[nH]1)NC[C@H](O)c1ccc(O)c(CO)c1. The van der Waals surface area contributed by atoms with Crippen LogP contribution in [0.4, 0.5) is 4.39 Å². The summed E-state index contributed by atoms with van der Waals surface area (Å²) in [6, 6.07) is 20.0. The largest absolute Gasteiger partial charge is 0.508 e. The minimum atomic E-state index is -0.867. The van der Waals surface area contributed by atoms with E-state index in [9.17, 15) is 24.5 Å². The van der Waals surface area contributed by atoms with E-state index < -0.39 is 6.10 Å². The number of carbonyl (C=O) groups is 1. The summed E-state index contributed by atoms with van der Waals surface area (Å²) in [6.45, 7) is 2.43. The lowest BCUT2D eigenvalue weighted by atomic mass is 10.0. The molecule has 5 N–H and O–H groups in total. The van der Waals surface area contributed by atoms with Gasteiger partial charge in [0.25, 0.3) is 5.91 Å². The summed E-state index contributed by atoms with van der Waals surface area (Å²) in [6.07, 6.45) is -0.867. The molecule has 0 saturated heterocycles. The van der Waals surface area contributed by atoms with Crippen molar-refractivity contribution in [2.75, 3.05) is 13.1 Å². The summed E-state index contributed by atoms with van der Waals surface area (Å²) in [5, 5.41) is 33.9. The van der Waals surface area contributed by atoms with Crippen molar-refractivity contribution in [2.24, 2.45) is 0 Å². The molecule has 188 valence electrons. The Hall–Kier alpha value is -3.72. The molecular formula is C28H30FN3O4. The summed E-state index contributed by atoms with van der Waals surface area (Å²) >= 11 is 0. The molecule has 0 saturated carbocycles. The van der Waals surface area contributed by atoms with Crippen LogP contribution in [0.25, 0.3) is 10.9 Å². The van der Waals surface area contributed by atoms with Gasteiger partial charge in [0.05, 0.1) is 12.7 Å². The van der Waals surface area contributed by atoms with Crippen LogP contribution in [-0.2, 0) is 13.2 Å². The molecule has 4 aromatic rings. The van der Waals surface area contributed by atoms with Gasteiger partial charge in [-0.3, -0.25) is 4.79 Å². The van der Waals surface area contributed by atoms with Crippen LogP contribution in [0.5, 0.6) is 5.75 Å². The van der Waals surface area contributed by atoms with E-state index in [-0.39, 0.29) is 36.7 Å². The summed E-state index contributed by atoms with van der Waals surface area (Å²) in [7, 11) is 0. The molecule has 0 radical (unpaired) electrons. The highest BCUT2D eigenvalue weighted by atomic mass is 19.1. The molecule has 2 atom stereocenters. The monoisotopic (exact) mass is 491 g/mol. The lowest BCUT2D eigenvalue weighted by molar-refractivity contribution is 0.0719. The standard InChI is InChI=1S/C28H30FN3O4/c1-18(30-14-27(35)21-8-11-26(34)22(12-21)17-33)15-32(16-19-6-9-23(29)10-7-19)28(36)25-13-20-4-2-3-5-24(20)31-25/h2-13,18,27,30-31,33-35H,14-17H2,1H3/t18?,27-/m0/s1. The van der Waals surface area contributed by atoms with Crippen molar-refractivity contribution in [2.45, 2.75) is 32.2 Å². The maximum absolute atomic E-state index is 13.5. The van der Waals surface area contributed by atoms with E-state index >= 15 is 0 Å². The average Bonchev–Trinajstić information content (AvgIpc) is 3.32. The van der Waals surface area contributed by atoms with Crippen molar-refractivity contribution >= 4 is 16.8 Å². The number of benzene rings is 3. The highest BCUT2D eigenvalue weighted by Gasteiger charge is 2.21. The van der Waals surface area contributed by atoms with E-state index in [4.69, 9.17) is 0 Å². The third-order valence-electron chi connectivity index (χ3n) is 6.15. The molecule has 7 nitrogen and oxygen atoms in total. The number of hydrogen-bond donors (Lipinski definition) is 5. The van der Waals surface area contributed by atoms with Crippen LogP contribution in [-0.4, -0.2) is 50.2 Å². The van der Waals surface area contributed by atoms with E-state index in [1.807, 2.05) is 37.3 Å². The molecule has 0 aliphatic heterocycles. The zero-order valence-electron chi connectivity index (χ0n) is 20.0. The van der Waals surface area contributed by atoms with Crippen molar-refractivity contribution in [3.05, 3.63) is 101 Å². The Kier molecular flexibility index (Phi) is 8.00. The first kappa shape index (κ1) is 25.4. The fourth-order valence-corrected chi connectivity index (χ4v) is 4.15. The summed E-state index contributed by atoms with van der Waals surface area (Å²) in [4.78, 5) is 18.3. The van der Waals surface area contributed by atoms with Crippen LogP contribution in [0.15, 0.2) is 72.8 Å². The Balaban J connectivity index is 1.46. The molecule has 4 rings (SSSR count). The number of aliphatic hydroxyl groups is 2. The molecule has 1 unspecified atom stereocenters. The van der Waals surface area contributed by atoms with Gasteiger partial charge in [0, 0.05) is 42.1 Å². The van der Waals surface area contributed by atoms with Crippen LogP contribution in [0.2, 0.25) is 0 Å². The highest BCUT2D eigenvalue weighted by molar-refractivity contribution is 5.98. The molecule has 1 aromatic heterocycles. The van der Waals surface area contributed by atoms with Crippen molar-refractivity contribution in [3.63, 3.8) is 0 Å². The van der Waals surface area contributed by atoms with Crippen LogP contribution < -0.4 is 5.32 Å². The predicted octanol–water partition coefficient (Wildman–Crippen LogP) is 3.86. The van der Waals surface area contributed by atoms with Gasteiger partial charge in [-0.05, 0) is 54.4 Å². The van der Waals surface area contributed by atoms with Gasteiger partial charge in [-0.15, -0.1) is 0 Å². The number of aliphatic hydroxyl groups excluding tert-OH is 2. The topological polar surface area (TPSA) is 109 Å². The van der Waals surface area contributed by atoms with Crippen molar-refractivity contribution in [1.82, 2.24) is 15.2 Å². The first-order chi connectivity index (χ1) is 17.3. The number of aromatic amines is 1. The van der Waals surface area contributed by atoms with Gasteiger partial charge < -0.3 is 30.5 Å². The Morgan fingerprint density at radius 3 is 2.56 bits per heavy atom. The number of aromatic hydroxyl groups is 1. The van der Waals surface area contributed by atoms with Crippen LogP contribution >= 0.6 is 0 Å². The van der Waals surface area contributed by atoms with Crippen molar-refractivity contribution in [3.8, 4) is 5.75 Å². The Labute approximate surface area is 208 Å². The molecule has 0 bridgehead atoms. The Morgan fingerprint density at radius 1 is 1.08 bits per heavy atom. The summed E-state index contributed by atoms with van der Waals surface area (Å²) < 4.78 is 13.4. The number of aromatic nitrogens is 1. The number of H-pyrrole nitrogens is 1. The van der Waals surface area contributed by atoms with Gasteiger partial charge in [0.2, 0.25) is 0 Å². The molecule has 0 spiro atoms. The number of halogens is 1. The minimum absolute atomic E-state index is 0.0262. The van der Waals surface area contributed by atoms with Gasteiger partial charge in [-0.25, -0.2) is 4.39 Å². The first-order valence-corrected chi connectivity index (χ1v) is 11.8. The van der Waals surface area contributed by atoms with E-state index in [0.29, 0.717) is 29.9 Å². The first-order valence-electron chi connectivity index (χ1n) is 11.8. The summed E-state index contributed by atoms with van der Waals surface area (Å²) in [5.74, 6) is -0.549. The highest BCUT2D eigenvalue weighted by Crippen LogP contribution is 2.22. The predicted molar refractivity (Wildman–Crippen MR) is 136 cm³/mol. The van der Waals surface area contributed by atoms with E-state index in [2.05, 4.69) is 10.3 Å². The lowest BCUT2D eigenvalue weighted by Crippen LogP contribution is -2.43. The van der Waals surface area contributed by atoms with Gasteiger partial charge in [-0.1, -0.05) is 36.4 Å². The second kappa shape index (κ2) is 11.3. The van der Waals surface area contributed by atoms with Gasteiger partial charge >= 0.3 is 0 Å². The number of nitrogens with one attached hydrogen (secondary N) is 2. The average molecular weight is 492 g/mol. The van der Waals surface area contributed by atoms with Crippen molar-refractivity contribution in [1.29, 1.82) is 0 Å². The minimum Gasteiger partial charge on any atom is -0.508 e. The molecule has 1 amide bonds. The van der Waals surface area contributed by atoms with E-state index in [1.54, 1.807) is 29.2 Å². The van der Waals surface area contributed by atoms with Crippen LogP contribution in [0.1, 0.15) is 40.2 Å². The molecule has 0 aliphatic carbocycles. The van der Waals surface area contributed by atoms with Crippen molar-refractivity contribution < 1.29 is 24.5 Å². The number of carbonyl (C=O) groups excluding carboxylic acids is 1. The maximum Gasteiger partial charge on any atom is 0.270 e. The van der Waals surface area contributed by atoms with E-state index in [1.165, 1.54) is 18.2 Å². The van der Waals surface area contributed by atoms with Gasteiger partial charge in [-0.2, -0.15) is 0 Å². The van der Waals surface area contributed by atoms with Crippen LogP contribution in [0.3, 0.4) is 0 Å². The molecule has 0 aliphatic rings. The van der Waals surface area contributed by atoms with Gasteiger partial charge in [0.15, 0.2) is 0 Å². The number of amides is 1. The zero-order chi connectivity index (χ0) is 25.7. The smallest absolute Gasteiger partial charge is 0.270 e. The maximum atomic E-state index is 13.5. The molecule has 3 aromatic carbocycles. The number of hydrogen-bond acceptors (Lipinski definition) is 5. The normalized spacial score (nSPS) is 13.0. The number of nitrogens with zero attached hydrogens (tertiary/aromatic N) is 1. The number of rotatable bonds is 10. The lowest BCUT2D eigenvalue weighted by Gasteiger charge is -2.27. The third-order valence-corrected chi connectivity index (χ3v) is 6.15. The molecule has 1 heterocycles. The fraction of sp³-hybridized carbons (Fsp3) is 0.250. The second-order valence-electron chi connectivity index (χ2n) is 8.95. The van der Waals surface area contributed by atoms with Crippen LogP contribution in [0, 0.1) is 5.82 Å². The Bertz CT molecular complexity index is 1290. The quantitative estimate of drug-likeness (QED) is 0.232. The zero-order valence-corrected chi connectivity index (χ0v) is 20.0. The molecule has 0 fully saturated rings. The molecule has 8 heteroatoms. The number of phenols is 1. The Morgan fingerprint density at radius 2 is 1.83 bits per heavy atom. The second-order valence-corrected chi connectivity index (χ2v) is 8.95. The summed E-state index contributed by atoms with van der Waals surface area (Å²) in [5.41, 5.74) is 3.04. The number of para-hydroxylation sites is 1. The van der Waals surface area contributed by atoms with Gasteiger partial charge in [0.1, 0.15) is 17.3 Å². The number of fused-ring (bicyclic) bond motifs is 1. The molecule has 36 heavy (non-hydrogen) atoms. The molecular weight excluding hydrogens is 461 g/mol.